The number of nitrogens with one attached hydrogen (secondary N) is 2. The maximum atomic E-state index is 12.3. The summed E-state index contributed by atoms with van der Waals surface area (Å²) >= 11 is 1.63. The second-order valence-corrected chi connectivity index (χ2v) is 7.49. The van der Waals surface area contributed by atoms with Gasteiger partial charge in [0.25, 0.3) is 5.56 Å². The molecule has 0 aliphatic carbocycles. The van der Waals surface area contributed by atoms with Crippen molar-refractivity contribution in [3.8, 4) is 0 Å². The Morgan fingerprint density at radius 3 is 3.12 bits per heavy atom. The highest BCUT2D eigenvalue weighted by Crippen LogP contribution is 2.18. The SMILES string of the molecule is CNCC1CCN(C(=O)CCSCc2nc3ccccc3c(=O)[nH]2)C1. The number of carbonyl (C=O) groups excluding carboxylic acids is 1. The second-order valence-electron chi connectivity index (χ2n) is 6.38. The summed E-state index contributed by atoms with van der Waals surface area (Å²) in [6.07, 6.45) is 1.62. The minimum Gasteiger partial charge on any atom is -0.342 e. The second kappa shape index (κ2) is 8.49. The van der Waals surface area contributed by atoms with Crippen LogP contribution in [0, 0.1) is 5.92 Å². The molecule has 1 saturated heterocycles. The van der Waals surface area contributed by atoms with Crippen LogP contribution in [-0.4, -0.2) is 53.2 Å². The maximum absolute atomic E-state index is 12.3. The third kappa shape index (κ3) is 4.61. The summed E-state index contributed by atoms with van der Waals surface area (Å²) in [5, 5.41) is 3.79. The van der Waals surface area contributed by atoms with Crippen molar-refractivity contribution < 1.29 is 4.79 Å². The third-order valence-electron chi connectivity index (χ3n) is 4.49. The number of nitrogens with zero attached hydrogens (tertiary/aromatic N) is 2. The summed E-state index contributed by atoms with van der Waals surface area (Å²) in [5.74, 6) is 2.81. The van der Waals surface area contributed by atoms with E-state index in [-0.39, 0.29) is 11.5 Å². The molecule has 6 nitrogen and oxygen atoms in total. The molecule has 1 aromatic heterocycles. The van der Waals surface area contributed by atoms with Crippen LogP contribution in [0.25, 0.3) is 10.9 Å². The van der Waals surface area contributed by atoms with Crippen LogP contribution in [0.2, 0.25) is 0 Å². The summed E-state index contributed by atoms with van der Waals surface area (Å²) in [7, 11) is 1.95. The van der Waals surface area contributed by atoms with Gasteiger partial charge in [0, 0.05) is 25.3 Å². The van der Waals surface area contributed by atoms with Crippen LogP contribution < -0.4 is 10.9 Å². The first kappa shape index (κ1) is 17.9. The molecule has 2 heterocycles. The fourth-order valence-corrected chi connectivity index (χ4v) is 4.00. The number of carbonyl (C=O) groups is 1. The highest BCUT2D eigenvalue weighted by Gasteiger charge is 2.25. The van der Waals surface area contributed by atoms with E-state index in [1.807, 2.05) is 30.1 Å². The first-order valence-electron chi connectivity index (χ1n) is 8.65. The van der Waals surface area contributed by atoms with Gasteiger partial charge in [-0.05, 0) is 38.1 Å². The number of aromatic amines is 1. The van der Waals surface area contributed by atoms with Gasteiger partial charge in [-0.25, -0.2) is 4.98 Å². The van der Waals surface area contributed by atoms with Gasteiger partial charge < -0.3 is 15.2 Å². The zero-order valence-corrected chi connectivity index (χ0v) is 15.3. The molecular formula is C18H24N4O2S. The molecule has 1 fully saturated rings. The summed E-state index contributed by atoms with van der Waals surface area (Å²) in [5.41, 5.74) is 0.607. The van der Waals surface area contributed by atoms with Gasteiger partial charge in [-0.2, -0.15) is 11.8 Å². The monoisotopic (exact) mass is 360 g/mol. The topological polar surface area (TPSA) is 78.1 Å². The average molecular weight is 360 g/mol. The summed E-state index contributed by atoms with van der Waals surface area (Å²) in [6.45, 7) is 2.71. The highest BCUT2D eigenvalue weighted by atomic mass is 32.2. The van der Waals surface area contributed by atoms with Crippen molar-refractivity contribution in [1.82, 2.24) is 20.2 Å². The summed E-state index contributed by atoms with van der Waals surface area (Å²) in [4.78, 5) is 33.6. The zero-order valence-electron chi connectivity index (χ0n) is 14.5. The van der Waals surface area contributed by atoms with Crippen molar-refractivity contribution in [2.24, 2.45) is 5.92 Å². The van der Waals surface area contributed by atoms with Crippen LogP contribution in [0.15, 0.2) is 29.1 Å². The number of likely N-dealkylation sites (tertiary alicyclic amines) is 1. The molecule has 0 bridgehead atoms. The van der Waals surface area contributed by atoms with E-state index in [4.69, 9.17) is 0 Å². The van der Waals surface area contributed by atoms with Crippen molar-refractivity contribution in [3.05, 3.63) is 40.4 Å². The molecule has 1 aromatic carbocycles. The largest absolute Gasteiger partial charge is 0.342 e. The van der Waals surface area contributed by atoms with Gasteiger partial charge in [-0.15, -0.1) is 0 Å². The fraction of sp³-hybridized carbons (Fsp3) is 0.500. The standard InChI is InChI=1S/C18H24N4O2S/c1-19-10-13-6-8-22(11-13)17(23)7-9-25-12-16-20-15-5-3-2-4-14(15)18(24)21-16/h2-5,13,19H,6-12H2,1H3,(H,20,21,24). The van der Waals surface area contributed by atoms with Crippen LogP contribution in [0.5, 0.6) is 0 Å². The summed E-state index contributed by atoms with van der Waals surface area (Å²) < 4.78 is 0. The summed E-state index contributed by atoms with van der Waals surface area (Å²) in [6, 6.07) is 7.33. The molecule has 1 aliphatic rings. The van der Waals surface area contributed by atoms with Gasteiger partial charge in [0.15, 0.2) is 0 Å². The Morgan fingerprint density at radius 2 is 2.28 bits per heavy atom. The van der Waals surface area contributed by atoms with Crippen molar-refractivity contribution in [2.75, 3.05) is 32.4 Å². The quantitative estimate of drug-likeness (QED) is 0.734. The van der Waals surface area contributed by atoms with E-state index in [0.717, 1.165) is 31.8 Å². The van der Waals surface area contributed by atoms with E-state index >= 15 is 0 Å². The van der Waals surface area contributed by atoms with E-state index in [1.54, 1.807) is 17.8 Å². The van der Waals surface area contributed by atoms with Gasteiger partial charge in [0.1, 0.15) is 5.82 Å². The first-order valence-corrected chi connectivity index (χ1v) is 9.81. The third-order valence-corrected chi connectivity index (χ3v) is 5.46. The molecule has 0 radical (unpaired) electrons. The molecule has 2 aromatic rings. The van der Waals surface area contributed by atoms with Gasteiger partial charge in [0.05, 0.1) is 16.7 Å². The Hall–Kier alpha value is -1.86. The number of fused-ring (bicyclic) bond motifs is 1. The van der Waals surface area contributed by atoms with Gasteiger partial charge in [-0.3, -0.25) is 9.59 Å². The van der Waals surface area contributed by atoms with Crippen molar-refractivity contribution in [3.63, 3.8) is 0 Å². The number of hydrogen-bond donors (Lipinski definition) is 2. The normalized spacial score (nSPS) is 17.3. The van der Waals surface area contributed by atoms with Gasteiger partial charge in [0.2, 0.25) is 5.91 Å². The van der Waals surface area contributed by atoms with E-state index in [1.165, 1.54) is 0 Å². The Labute approximate surface area is 151 Å². The Kier molecular flexibility index (Phi) is 6.09. The van der Waals surface area contributed by atoms with E-state index in [2.05, 4.69) is 15.3 Å². The molecule has 1 atom stereocenters. The number of thioether (sulfide) groups is 1. The molecule has 7 heteroatoms. The number of rotatable bonds is 7. The van der Waals surface area contributed by atoms with Crippen molar-refractivity contribution in [1.29, 1.82) is 0 Å². The van der Waals surface area contributed by atoms with Gasteiger partial charge >= 0.3 is 0 Å². The van der Waals surface area contributed by atoms with Crippen molar-refractivity contribution in [2.45, 2.75) is 18.6 Å². The molecule has 1 aliphatic heterocycles. The molecule has 134 valence electrons. The van der Waals surface area contributed by atoms with E-state index < -0.39 is 0 Å². The lowest BCUT2D eigenvalue weighted by Gasteiger charge is -2.16. The predicted molar refractivity (Wildman–Crippen MR) is 102 cm³/mol. The number of para-hydroxylation sites is 1. The average Bonchev–Trinajstić information content (AvgIpc) is 3.08. The molecule has 25 heavy (non-hydrogen) atoms. The van der Waals surface area contributed by atoms with Crippen LogP contribution >= 0.6 is 11.8 Å². The Bertz CT molecular complexity index is 792. The number of benzene rings is 1. The van der Waals surface area contributed by atoms with Crippen LogP contribution in [0.1, 0.15) is 18.7 Å². The first-order chi connectivity index (χ1) is 12.2. The van der Waals surface area contributed by atoms with E-state index in [9.17, 15) is 9.59 Å². The van der Waals surface area contributed by atoms with Gasteiger partial charge in [-0.1, -0.05) is 12.1 Å². The predicted octanol–water partition coefficient (Wildman–Crippen LogP) is 1.61. The lowest BCUT2D eigenvalue weighted by atomic mass is 10.1. The number of H-pyrrole nitrogens is 1. The van der Waals surface area contributed by atoms with Crippen LogP contribution in [0.3, 0.4) is 0 Å². The molecule has 3 rings (SSSR count). The molecule has 0 saturated carbocycles. The zero-order chi connectivity index (χ0) is 17.6. The molecule has 2 N–H and O–H groups in total. The minimum atomic E-state index is -0.107. The lowest BCUT2D eigenvalue weighted by Crippen LogP contribution is -2.30. The minimum absolute atomic E-state index is 0.107. The number of amides is 1. The molecule has 0 spiro atoms. The number of aromatic nitrogens is 2. The molecular weight excluding hydrogens is 336 g/mol. The Balaban J connectivity index is 1.46. The molecule has 1 unspecified atom stereocenters. The molecule has 1 amide bonds. The number of hydrogen-bond acceptors (Lipinski definition) is 5. The fourth-order valence-electron chi connectivity index (χ4n) is 3.20. The smallest absolute Gasteiger partial charge is 0.258 e. The van der Waals surface area contributed by atoms with E-state index in [0.29, 0.717) is 34.8 Å². The Morgan fingerprint density at radius 1 is 1.44 bits per heavy atom. The van der Waals surface area contributed by atoms with Crippen molar-refractivity contribution >= 4 is 28.6 Å². The van der Waals surface area contributed by atoms with Crippen LogP contribution in [-0.2, 0) is 10.5 Å². The highest BCUT2D eigenvalue weighted by molar-refractivity contribution is 7.98. The maximum Gasteiger partial charge on any atom is 0.258 e. The lowest BCUT2D eigenvalue weighted by molar-refractivity contribution is -0.129. The van der Waals surface area contributed by atoms with Crippen LogP contribution in [0.4, 0.5) is 0 Å².